The lowest BCUT2D eigenvalue weighted by molar-refractivity contribution is 0.606. The summed E-state index contributed by atoms with van der Waals surface area (Å²) in [5.74, 6) is 0. The highest BCUT2D eigenvalue weighted by atomic mass is 15.0. The quantitative estimate of drug-likeness (QED) is 0.618. The maximum Gasteiger partial charge on any atom is 0.0491 e. The summed E-state index contributed by atoms with van der Waals surface area (Å²) in [6, 6.07) is 15.6. The Kier molecular flexibility index (Phi) is 5.31. The number of fused-ring (bicyclic) bond motifs is 3. The fraction of sp³-hybridized carbons (Fsp3) is 0.400. The number of nitrogens with zero attached hydrogens (tertiary/aromatic N) is 1. The third-order valence-corrected chi connectivity index (χ3v) is 4.44. The van der Waals surface area contributed by atoms with Crippen molar-refractivity contribution >= 4 is 21.8 Å². The van der Waals surface area contributed by atoms with Crippen LogP contribution in [-0.2, 0) is 13.1 Å². The summed E-state index contributed by atoms with van der Waals surface area (Å²) in [6.07, 6.45) is 1.17. The Hall–Kier alpha value is -1.84. The summed E-state index contributed by atoms with van der Waals surface area (Å²) < 4.78 is 2.40. The highest BCUT2D eigenvalue weighted by Crippen LogP contribution is 2.29. The minimum atomic E-state index is 0.938. The number of rotatable bonds is 8. The van der Waals surface area contributed by atoms with E-state index in [0.29, 0.717) is 0 Å². The molecule has 0 saturated heterocycles. The predicted molar refractivity (Wildman–Crippen MR) is 100.0 cm³/mol. The molecular weight excluding hydrogens is 282 g/mol. The van der Waals surface area contributed by atoms with Gasteiger partial charge >= 0.3 is 0 Å². The number of hydrogen-bond donors (Lipinski definition) is 2. The Balaban J connectivity index is 1.78. The van der Waals surface area contributed by atoms with Gasteiger partial charge in [0.15, 0.2) is 0 Å². The molecule has 23 heavy (non-hydrogen) atoms. The van der Waals surface area contributed by atoms with E-state index < -0.39 is 0 Å². The van der Waals surface area contributed by atoms with Crippen LogP contribution in [0.2, 0.25) is 0 Å². The number of aromatic nitrogens is 1. The Morgan fingerprint density at radius 2 is 1.65 bits per heavy atom. The molecule has 0 fully saturated rings. The van der Waals surface area contributed by atoms with Gasteiger partial charge in [-0.25, -0.2) is 0 Å². The smallest absolute Gasteiger partial charge is 0.0491 e. The van der Waals surface area contributed by atoms with Gasteiger partial charge in [-0.15, -0.1) is 0 Å². The molecule has 0 atom stereocenters. The van der Waals surface area contributed by atoms with Gasteiger partial charge in [-0.05, 0) is 56.7 Å². The van der Waals surface area contributed by atoms with E-state index in [1.807, 2.05) is 0 Å². The Morgan fingerprint density at radius 1 is 0.870 bits per heavy atom. The van der Waals surface area contributed by atoms with Gasteiger partial charge in [-0.1, -0.05) is 31.2 Å². The van der Waals surface area contributed by atoms with Crippen molar-refractivity contribution < 1.29 is 0 Å². The van der Waals surface area contributed by atoms with Crippen LogP contribution < -0.4 is 10.6 Å². The number of nitrogens with one attached hydrogen (secondary N) is 2. The minimum absolute atomic E-state index is 0.938. The average Bonchev–Trinajstić information content (AvgIpc) is 2.91. The van der Waals surface area contributed by atoms with E-state index in [-0.39, 0.29) is 0 Å². The molecule has 2 aromatic carbocycles. The molecule has 3 nitrogen and oxygen atoms in total. The SMILES string of the molecule is CCNCCCNCc1ccc2c(c1)c1ccccc1n2CC. The average molecular weight is 309 g/mol. The number of para-hydroxylation sites is 1. The molecule has 0 amide bonds. The van der Waals surface area contributed by atoms with Crippen molar-refractivity contribution in [1.29, 1.82) is 0 Å². The van der Waals surface area contributed by atoms with E-state index >= 15 is 0 Å². The summed E-state index contributed by atoms with van der Waals surface area (Å²) in [4.78, 5) is 0. The molecule has 0 bridgehead atoms. The first-order valence-corrected chi connectivity index (χ1v) is 8.76. The van der Waals surface area contributed by atoms with Crippen molar-refractivity contribution in [2.75, 3.05) is 19.6 Å². The van der Waals surface area contributed by atoms with Gasteiger partial charge in [0.25, 0.3) is 0 Å². The molecule has 3 rings (SSSR count). The second kappa shape index (κ2) is 7.62. The molecule has 3 aromatic rings. The van der Waals surface area contributed by atoms with Crippen LogP contribution >= 0.6 is 0 Å². The molecule has 0 saturated carbocycles. The summed E-state index contributed by atoms with van der Waals surface area (Å²) >= 11 is 0. The van der Waals surface area contributed by atoms with Crippen LogP contribution in [0.5, 0.6) is 0 Å². The van der Waals surface area contributed by atoms with Gasteiger partial charge in [-0.3, -0.25) is 0 Å². The molecule has 0 aliphatic carbocycles. The van der Waals surface area contributed by atoms with E-state index in [1.165, 1.54) is 33.8 Å². The third kappa shape index (κ3) is 3.41. The van der Waals surface area contributed by atoms with Crippen LogP contribution in [-0.4, -0.2) is 24.2 Å². The van der Waals surface area contributed by atoms with Crippen molar-refractivity contribution in [2.45, 2.75) is 33.4 Å². The fourth-order valence-electron chi connectivity index (χ4n) is 3.30. The Labute approximate surface area is 138 Å². The minimum Gasteiger partial charge on any atom is -0.341 e. The van der Waals surface area contributed by atoms with E-state index in [9.17, 15) is 0 Å². The maximum atomic E-state index is 3.55. The van der Waals surface area contributed by atoms with Gasteiger partial charge in [-0.2, -0.15) is 0 Å². The van der Waals surface area contributed by atoms with Crippen LogP contribution in [0.1, 0.15) is 25.8 Å². The summed E-state index contributed by atoms with van der Waals surface area (Å²) in [5, 5.41) is 9.63. The van der Waals surface area contributed by atoms with Crippen molar-refractivity contribution in [3.05, 3.63) is 48.0 Å². The zero-order valence-electron chi connectivity index (χ0n) is 14.2. The van der Waals surface area contributed by atoms with Crippen molar-refractivity contribution in [3.8, 4) is 0 Å². The van der Waals surface area contributed by atoms with E-state index in [0.717, 1.165) is 32.7 Å². The van der Waals surface area contributed by atoms with Gasteiger partial charge < -0.3 is 15.2 Å². The van der Waals surface area contributed by atoms with Crippen molar-refractivity contribution in [3.63, 3.8) is 0 Å². The normalized spacial score (nSPS) is 11.6. The summed E-state index contributed by atoms with van der Waals surface area (Å²) in [6.45, 7) is 9.51. The molecule has 0 radical (unpaired) electrons. The molecule has 122 valence electrons. The van der Waals surface area contributed by atoms with Crippen LogP contribution in [0.4, 0.5) is 0 Å². The van der Waals surface area contributed by atoms with Crippen molar-refractivity contribution in [2.24, 2.45) is 0 Å². The van der Waals surface area contributed by atoms with Crippen LogP contribution in [0, 0.1) is 0 Å². The largest absolute Gasteiger partial charge is 0.341 e. The van der Waals surface area contributed by atoms with Crippen molar-refractivity contribution in [1.82, 2.24) is 15.2 Å². The standard InChI is InChI=1S/C20H27N3/c1-3-21-12-7-13-22-15-16-10-11-20-18(14-16)17-8-5-6-9-19(17)23(20)4-2/h5-6,8-11,14,21-22H,3-4,7,12-13,15H2,1-2H3. The highest BCUT2D eigenvalue weighted by Gasteiger charge is 2.09. The molecule has 0 aliphatic rings. The van der Waals surface area contributed by atoms with Crippen LogP contribution in [0.15, 0.2) is 42.5 Å². The molecule has 1 heterocycles. The van der Waals surface area contributed by atoms with E-state index in [4.69, 9.17) is 0 Å². The topological polar surface area (TPSA) is 29.0 Å². The highest BCUT2D eigenvalue weighted by molar-refractivity contribution is 6.08. The molecular formula is C20H27N3. The van der Waals surface area contributed by atoms with Crippen LogP contribution in [0.25, 0.3) is 21.8 Å². The lowest BCUT2D eigenvalue weighted by Gasteiger charge is -2.07. The van der Waals surface area contributed by atoms with E-state index in [2.05, 4.69) is 71.5 Å². The molecule has 0 aliphatic heterocycles. The summed E-state index contributed by atoms with van der Waals surface area (Å²) in [5.41, 5.74) is 4.03. The Morgan fingerprint density at radius 3 is 2.48 bits per heavy atom. The fourth-order valence-corrected chi connectivity index (χ4v) is 3.30. The van der Waals surface area contributed by atoms with E-state index in [1.54, 1.807) is 0 Å². The number of hydrogen-bond acceptors (Lipinski definition) is 2. The lowest BCUT2D eigenvalue weighted by atomic mass is 10.1. The molecule has 2 N–H and O–H groups in total. The third-order valence-electron chi connectivity index (χ3n) is 4.44. The number of benzene rings is 2. The molecule has 3 heteroatoms. The molecule has 0 spiro atoms. The first-order chi connectivity index (χ1) is 11.3. The van der Waals surface area contributed by atoms with Gasteiger partial charge in [0.1, 0.15) is 0 Å². The summed E-state index contributed by atoms with van der Waals surface area (Å²) in [7, 11) is 0. The Bertz CT molecular complexity index is 773. The maximum absolute atomic E-state index is 3.55. The van der Waals surface area contributed by atoms with Gasteiger partial charge in [0, 0.05) is 34.9 Å². The molecule has 1 aromatic heterocycles. The second-order valence-electron chi connectivity index (χ2n) is 6.00. The first kappa shape index (κ1) is 16.0. The zero-order chi connectivity index (χ0) is 16.1. The molecule has 0 unspecified atom stereocenters. The first-order valence-electron chi connectivity index (χ1n) is 8.76. The number of aryl methyl sites for hydroxylation is 1. The monoisotopic (exact) mass is 309 g/mol. The lowest BCUT2D eigenvalue weighted by Crippen LogP contribution is -2.21. The van der Waals surface area contributed by atoms with Crippen LogP contribution in [0.3, 0.4) is 0 Å². The zero-order valence-corrected chi connectivity index (χ0v) is 14.2. The van der Waals surface area contributed by atoms with Gasteiger partial charge in [0.2, 0.25) is 0 Å². The second-order valence-corrected chi connectivity index (χ2v) is 6.00. The predicted octanol–water partition coefficient (Wildman–Crippen LogP) is 3.90. The van der Waals surface area contributed by atoms with Gasteiger partial charge in [0.05, 0.1) is 0 Å².